The standard InChI is InChI=1S/C30H20N.C18H16N.2C17H14N.C16H12N.C9H16O2.2C5H8O2.3Ir/c1-20-16-29-25-14-12-23(21-8-4-2-5-9-21)17-27(25)28-18-24(22-10-6-3-7-11-22)13-15-26(28)30(29)31-19-20;1-12-4-5-15-6-7-17(19-18(15)11-12)16-9-13(2)8-14(3)10-16;1-12-10-13-6-3-5-9-16(13)18-11-14-7-2-4-8-15(14)17(12)18;1-12-9-13(2)11-15(10-12)17-8-7-14-5-3-4-6-16(14)18-17;1-3-7-14-12(5-1)9-10-17-11-13-6-2-4-8-15(13)16(14)17;1-6(2)8(10)5-9(11)7(3)4;2*1-4(6)3-5(2)7;;;/h2-14,16-19H,1H3;4-9,11H,1-3H3;2-10H,11H2,1H3;3-10H,1-2H3;1-10H,11H2;5-7,10H,1-4H3;2*3,6H,1-2H3;;;/q2*-1;+1;-1;+1;;;;;;. The summed E-state index contributed by atoms with van der Waals surface area (Å²) in [4.78, 5) is 45.3. The molecule has 0 aliphatic carbocycles. The van der Waals surface area contributed by atoms with Crippen molar-refractivity contribution in [2.75, 3.05) is 0 Å². The number of aliphatic hydroxyl groups excluding tert-OH is 3. The molecule has 0 atom stereocenters. The second kappa shape index (κ2) is 46.5. The first-order valence-corrected chi connectivity index (χ1v) is 43.3. The van der Waals surface area contributed by atoms with Crippen molar-refractivity contribution in [2.24, 2.45) is 11.8 Å². The first-order chi connectivity index (χ1) is 61.6. The maximum Gasteiger partial charge on any atom is 0.221 e. The van der Waals surface area contributed by atoms with Gasteiger partial charge in [0, 0.05) is 131 Å². The summed E-state index contributed by atoms with van der Waals surface area (Å²) in [5.74, 6) is 0.0356. The zero-order valence-corrected chi connectivity index (χ0v) is 83.7. The third-order valence-corrected chi connectivity index (χ3v) is 22.0. The number of aryl methyl sites for hydroxylation is 7. The van der Waals surface area contributed by atoms with Crippen molar-refractivity contribution < 1.29 is 99.2 Å². The number of rotatable bonds is 9. The van der Waals surface area contributed by atoms with E-state index in [4.69, 9.17) is 25.2 Å². The molecule has 0 saturated carbocycles. The van der Waals surface area contributed by atoms with Crippen molar-refractivity contribution in [1.82, 2.24) is 15.0 Å². The molecule has 5 aromatic heterocycles. The average molecular weight is 2260 g/mol. The number of benzene rings is 13. The van der Waals surface area contributed by atoms with Crippen LogP contribution in [0.25, 0.3) is 143 Å². The van der Waals surface area contributed by atoms with Crippen LogP contribution < -0.4 is 9.13 Å². The molecule has 11 nitrogen and oxygen atoms in total. The second-order valence-corrected chi connectivity index (χ2v) is 33.5. The Labute approximate surface area is 810 Å². The van der Waals surface area contributed by atoms with Crippen molar-refractivity contribution >= 4 is 93.3 Å². The van der Waals surface area contributed by atoms with Gasteiger partial charge < -0.3 is 20.3 Å². The fraction of sp³-hybridized carbons (Fsp3) is 0.162. The Morgan fingerprint density at radius 2 is 0.908 bits per heavy atom. The number of carbonyl (C=O) groups excluding carboxylic acids is 3. The molecule has 0 spiro atoms. The summed E-state index contributed by atoms with van der Waals surface area (Å²) in [6.07, 6.45) is 7.79. The molecule has 2 aliphatic heterocycles. The van der Waals surface area contributed by atoms with Gasteiger partial charge >= 0.3 is 0 Å². The van der Waals surface area contributed by atoms with Crippen LogP contribution in [0.3, 0.4) is 0 Å². The topological polar surface area (TPSA) is 158 Å². The monoisotopic (exact) mass is 2260 g/mol. The van der Waals surface area contributed by atoms with Crippen LogP contribution >= 0.6 is 0 Å². The number of para-hydroxylation sites is 2. The van der Waals surface area contributed by atoms with Crippen molar-refractivity contribution in [2.45, 2.75) is 117 Å². The van der Waals surface area contributed by atoms with Crippen LogP contribution in [0.2, 0.25) is 0 Å². The summed E-state index contributed by atoms with van der Waals surface area (Å²) in [6, 6.07) is 115. The maximum atomic E-state index is 11.0. The van der Waals surface area contributed by atoms with Crippen LogP contribution in [0.5, 0.6) is 0 Å². The number of aliphatic hydroxyl groups is 3. The molecule has 20 rings (SSSR count). The SMILES string of the molecule is CC(=O)C=C(C)O.CC(=O)C=C(C)O.CC(C)C(=O)C=C(O)C(C)C.Cc1[c-]c(-c2ccc3ccc(C)cc3n2)cc(C)c1.Cc1[c-]c(-c2ccc3ccccc3n2)cc(C)c1.Cc1cc2ccccc2[n+]2c1-c1ccccc1C2.Cc1cnc2c3[c-]cc(-c4ccccc4)cc3c3cc(-c4ccccc4)ccc3c2c1.[Ir].[Ir].[Ir].c1ccc2c(c1)C[n+]1ccc3ccccc3c1-2. The van der Waals surface area contributed by atoms with Crippen LogP contribution in [0.4, 0.5) is 0 Å². The van der Waals surface area contributed by atoms with Gasteiger partial charge in [-0.25, -0.2) is 0 Å². The number of hydrogen-bond donors (Lipinski definition) is 3. The van der Waals surface area contributed by atoms with E-state index in [-0.39, 0.29) is 107 Å². The number of aromatic nitrogens is 5. The summed E-state index contributed by atoms with van der Waals surface area (Å²) in [5, 5.41) is 38.2. The van der Waals surface area contributed by atoms with Crippen molar-refractivity contribution in [3.63, 3.8) is 0 Å². The number of pyridine rings is 5. The molecule has 0 amide bonds. The minimum atomic E-state index is -0.125. The molecular weight excluding hydrogens is 2150 g/mol. The van der Waals surface area contributed by atoms with Crippen molar-refractivity contribution in [3.8, 4) is 67.3 Å². The molecule has 0 unspecified atom stereocenters. The van der Waals surface area contributed by atoms with Crippen LogP contribution in [0.15, 0.2) is 345 Å². The molecule has 665 valence electrons. The molecule has 0 saturated heterocycles. The molecule has 3 radical (unpaired) electrons. The number of allylic oxidation sites excluding steroid dienone is 6. The summed E-state index contributed by atoms with van der Waals surface area (Å²) < 4.78 is 4.78. The van der Waals surface area contributed by atoms with Crippen LogP contribution in [0.1, 0.15) is 105 Å². The Morgan fingerprint density at radius 1 is 0.397 bits per heavy atom. The molecule has 13 aromatic carbocycles. The van der Waals surface area contributed by atoms with E-state index < -0.39 is 0 Å². The molecule has 0 bridgehead atoms. The summed E-state index contributed by atoms with van der Waals surface area (Å²) in [5.41, 5.74) is 30.3. The van der Waals surface area contributed by atoms with Gasteiger partial charge in [0.05, 0.1) is 44.8 Å². The summed E-state index contributed by atoms with van der Waals surface area (Å²) in [6.45, 7) is 29.8. The van der Waals surface area contributed by atoms with E-state index in [1.807, 2.05) is 52.1 Å². The first kappa shape index (κ1) is 100. The third kappa shape index (κ3) is 25.8. The molecule has 14 heteroatoms. The van der Waals surface area contributed by atoms with Gasteiger partial charge in [0.2, 0.25) is 16.9 Å². The van der Waals surface area contributed by atoms with E-state index in [0.29, 0.717) is 0 Å². The van der Waals surface area contributed by atoms with Crippen LogP contribution in [-0.4, -0.2) is 47.6 Å². The fourth-order valence-corrected chi connectivity index (χ4v) is 16.0. The zero-order valence-electron chi connectivity index (χ0n) is 76.5. The number of ketones is 3. The molecule has 7 heterocycles. The normalized spacial score (nSPS) is 11.4. The molecule has 131 heavy (non-hydrogen) atoms. The maximum absolute atomic E-state index is 11.0. The predicted octanol–water partition coefficient (Wildman–Crippen LogP) is 27.9. The molecular formula is C117H108Ir3N5O6-. The fourth-order valence-electron chi connectivity index (χ4n) is 16.0. The Balaban J connectivity index is 0.000000161. The van der Waals surface area contributed by atoms with Crippen molar-refractivity contribution in [1.29, 1.82) is 0 Å². The Kier molecular flexibility index (Phi) is 35.6. The third-order valence-electron chi connectivity index (χ3n) is 22.0. The molecule has 3 N–H and O–H groups in total. The van der Waals surface area contributed by atoms with E-state index in [9.17, 15) is 19.5 Å². The molecule has 18 aromatic rings. The molecule has 2 aliphatic rings. The van der Waals surface area contributed by atoms with E-state index in [1.165, 1.54) is 184 Å². The number of fused-ring (bicyclic) bond motifs is 18. The minimum absolute atomic E-state index is 0. The predicted molar refractivity (Wildman–Crippen MR) is 529 cm³/mol. The van der Waals surface area contributed by atoms with Gasteiger partial charge in [-0.05, 0) is 157 Å². The summed E-state index contributed by atoms with van der Waals surface area (Å²) in [7, 11) is 0. The van der Waals surface area contributed by atoms with Gasteiger partial charge in [-0.1, -0.05) is 284 Å². The van der Waals surface area contributed by atoms with Crippen molar-refractivity contribution in [3.05, 3.63) is 413 Å². The zero-order chi connectivity index (χ0) is 90.8. The average Bonchev–Trinajstić information content (AvgIpc) is 1.17. The van der Waals surface area contributed by atoms with Gasteiger partial charge in [-0.2, -0.15) is 9.13 Å². The Bertz CT molecular complexity index is 7190. The second-order valence-electron chi connectivity index (χ2n) is 33.5. The van der Waals surface area contributed by atoms with Gasteiger partial charge in [0.1, 0.15) is 0 Å². The van der Waals surface area contributed by atoms with Crippen LogP contribution in [-0.2, 0) is 87.8 Å². The molecule has 0 fully saturated rings. The number of hydrogen-bond acceptors (Lipinski definition) is 9. The Hall–Kier alpha value is -13.0. The minimum Gasteiger partial charge on any atom is -0.512 e. The largest absolute Gasteiger partial charge is 0.512 e. The van der Waals surface area contributed by atoms with Gasteiger partial charge in [-0.3, -0.25) is 24.4 Å². The van der Waals surface area contributed by atoms with E-state index in [2.05, 4.69) is 361 Å². The quantitative estimate of drug-likeness (QED) is 0.0420. The smallest absolute Gasteiger partial charge is 0.221 e. The van der Waals surface area contributed by atoms with E-state index in [0.717, 1.165) is 68.7 Å². The number of carbonyl (C=O) groups is 3. The van der Waals surface area contributed by atoms with E-state index >= 15 is 0 Å². The summed E-state index contributed by atoms with van der Waals surface area (Å²) >= 11 is 0. The number of nitrogens with zero attached hydrogens (tertiary/aromatic N) is 5. The first-order valence-electron chi connectivity index (χ1n) is 43.3. The van der Waals surface area contributed by atoms with Gasteiger partial charge in [0.15, 0.2) is 36.6 Å². The Morgan fingerprint density at radius 3 is 1.49 bits per heavy atom. The van der Waals surface area contributed by atoms with Crippen LogP contribution in [0, 0.1) is 78.5 Å². The van der Waals surface area contributed by atoms with Gasteiger partial charge in [-0.15, -0.1) is 93.4 Å². The van der Waals surface area contributed by atoms with Gasteiger partial charge in [0.25, 0.3) is 0 Å². The van der Waals surface area contributed by atoms with E-state index in [1.54, 1.807) is 0 Å².